The standard InChI is InChI=1S/C18H17N7O2/c19-8-12-3-4-16-21-9-14(25(16)10-12)17-20-6-5-15(23-17)22-13-2-1-7-24(11-13)18(26)27/h3-6,9-10,13H,1-2,7,11H2,(H,26,27)(H,20,22,23). The number of piperidine rings is 1. The Morgan fingerprint density at radius 3 is 3.04 bits per heavy atom. The van der Waals surface area contributed by atoms with E-state index in [-0.39, 0.29) is 6.04 Å². The maximum atomic E-state index is 11.2. The molecule has 1 aliphatic rings. The second kappa shape index (κ2) is 6.92. The van der Waals surface area contributed by atoms with Gasteiger partial charge in [0.15, 0.2) is 5.82 Å². The smallest absolute Gasteiger partial charge is 0.407 e. The van der Waals surface area contributed by atoms with Crippen LogP contribution in [-0.4, -0.2) is 54.6 Å². The highest BCUT2D eigenvalue weighted by Gasteiger charge is 2.23. The van der Waals surface area contributed by atoms with Gasteiger partial charge in [-0.25, -0.2) is 19.7 Å². The molecule has 1 fully saturated rings. The van der Waals surface area contributed by atoms with Gasteiger partial charge in [0.1, 0.15) is 23.2 Å². The number of nitriles is 1. The van der Waals surface area contributed by atoms with Gasteiger partial charge in [-0.3, -0.25) is 4.40 Å². The Balaban J connectivity index is 1.60. The Bertz CT molecular complexity index is 1040. The number of rotatable bonds is 3. The second-order valence-electron chi connectivity index (χ2n) is 6.38. The lowest BCUT2D eigenvalue weighted by atomic mass is 10.1. The molecule has 27 heavy (non-hydrogen) atoms. The van der Waals surface area contributed by atoms with E-state index in [0.717, 1.165) is 12.8 Å². The van der Waals surface area contributed by atoms with Gasteiger partial charge >= 0.3 is 6.09 Å². The van der Waals surface area contributed by atoms with E-state index in [1.54, 1.807) is 41.2 Å². The largest absolute Gasteiger partial charge is 0.465 e. The zero-order valence-corrected chi connectivity index (χ0v) is 14.4. The third-order valence-electron chi connectivity index (χ3n) is 4.56. The molecule has 0 spiro atoms. The van der Waals surface area contributed by atoms with Crippen molar-refractivity contribution in [3.8, 4) is 17.6 Å². The maximum absolute atomic E-state index is 11.2. The third-order valence-corrected chi connectivity index (χ3v) is 4.56. The number of hydrogen-bond acceptors (Lipinski definition) is 6. The Kier molecular flexibility index (Phi) is 4.30. The van der Waals surface area contributed by atoms with Crippen LogP contribution in [-0.2, 0) is 0 Å². The first kappa shape index (κ1) is 16.8. The molecular formula is C18H17N7O2. The highest BCUT2D eigenvalue weighted by molar-refractivity contribution is 5.65. The number of nitrogens with one attached hydrogen (secondary N) is 1. The highest BCUT2D eigenvalue weighted by atomic mass is 16.4. The molecule has 1 unspecified atom stereocenters. The molecule has 0 aliphatic carbocycles. The lowest BCUT2D eigenvalue weighted by Crippen LogP contribution is -2.44. The summed E-state index contributed by atoms with van der Waals surface area (Å²) in [5.74, 6) is 1.11. The van der Waals surface area contributed by atoms with Gasteiger partial charge < -0.3 is 15.3 Å². The van der Waals surface area contributed by atoms with E-state index in [0.29, 0.717) is 41.6 Å². The number of carbonyl (C=O) groups is 1. The molecule has 0 aromatic carbocycles. The van der Waals surface area contributed by atoms with Crippen molar-refractivity contribution in [3.05, 3.63) is 42.4 Å². The van der Waals surface area contributed by atoms with E-state index >= 15 is 0 Å². The van der Waals surface area contributed by atoms with Crippen LogP contribution in [0.15, 0.2) is 36.8 Å². The first-order valence-electron chi connectivity index (χ1n) is 8.59. The second-order valence-corrected chi connectivity index (χ2v) is 6.38. The molecule has 2 N–H and O–H groups in total. The summed E-state index contributed by atoms with van der Waals surface area (Å²) in [5.41, 5.74) is 1.91. The van der Waals surface area contributed by atoms with E-state index in [1.807, 2.05) is 0 Å². The van der Waals surface area contributed by atoms with Crippen LogP contribution < -0.4 is 5.32 Å². The van der Waals surface area contributed by atoms with Gasteiger partial charge in [0.05, 0.1) is 11.8 Å². The van der Waals surface area contributed by atoms with Crippen LogP contribution in [0.4, 0.5) is 10.6 Å². The molecule has 0 bridgehead atoms. The van der Waals surface area contributed by atoms with Crippen molar-refractivity contribution < 1.29 is 9.90 Å². The molecule has 1 atom stereocenters. The molecule has 3 aromatic rings. The number of likely N-dealkylation sites (tertiary alicyclic amines) is 1. The van der Waals surface area contributed by atoms with E-state index in [4.69, 9.17) is 5.26 Å². The van der Waals surface area contributed by atoms with Crippen molar-refractivity contribution in [2.24, 2.45) is 0 Å². The summed E-state index contributed by atoms with van der Waals surface area (Å²) < 4.78 is 1.78. The van der Waals surface area contributed by atoms with E-state index < -0.39 is 6.09 Å². The fraction of sp³-hybridized carbons (Fsp3) is 0.278. The molecule has 136 valence electrons. The molecule has 4 rings (SSSR count). The number of aromatic nitrogens is 4. The van der Waals surface area contributed by atoms with Crippen LogP contribution in [0.1, 0.15) is 18.4 Å². The summed E-state index contributed by atoms with van der Waals surface area (Å²) in [6, 6.07) is 7.35. The minimum absolute atomic E-state index is 0.00461. The summed E-state index contributed by atoms with van der Waals surface area (Å²) in [7, 11) is 0. The lowest BCUT2D eigenvalue weighted by molar-refractivity contribution is 0.133. The monoisotopic (exact) mass is 363 g/mol. The van der Waals surface area contributed by atoms with Gasteiger partial charge in [0.2, 0.25) is 0 Å². The molecular weight excluding hydrogens is 346 g/mol. The third kappa shape index (κ3) is 3.37. The number of hydrogen-bond donors (Lipinski definition) is 2. The normalized spacial score (nSPS) is 16.9. The number of fused-ring (bicyclic) bond motifs is 1. The van der Waals surface area contributed by atoms with Crippen LogP contribution in [0.2, 0.25) is 0 Å². The maximum Gasteiger partial charge on any atom is 0.407 e. The Labute approximate surface area is 154 Å². The van der Waals surface area contributed by atoms with Crippen molar-refractivity contribution in [2.45, 2.75) is 18.9 Å². The minimum Gasteiger partial charge on any atom is -0.465 e. The molecule has 3 aromatic heterocycles. The predicted octanol–water partition coefficient (Wildman–Crippen LogP) is 2.22. The van der Waals surface area contributed by atoms with Crippen molar-refractivity contribution in [3.63, 3.8) is 0 Å². The van der Waals surface area contributed by atoms with Gasteiger partial charge in [0.25, 0.3) is 0 Å². The quantitative estimate of drug-likeness (QED) is 0.732. The first-order chi connectivity index (χ1) is 13.1. The van der Waals surface area contributed by atoms with Crippen LogP contribution in [0.5, 0.6) is 0 Å². The minimum atomic E-state index is -0.899. The summed E-state index contributed by atoms with van der Waals surface area (Å²) in [6.07, 6.45) is 5.81. The average molecular weight is 363 g/mol. The molecule has 1 amide bonds. The van der Waals surface area contributed by atoms with Gasteiger partial charge in [-0.2, -0.15) is 5.26 Å². The first-order valence-corrected chi connectivity index (χ1v) is 8.59. The Hall–Kier alpha value is -3.67. The molecule has 9 nitrogen and oxygen atoms in total. The van der Waals surface area contributed by atoms with E-state index in [2.05, 4.69) is 26.3 Å². The van der Waals surface area contributed by atoms with Crippen molar-refractivity contribution in [2.75, 3.05) is 18.4 Å². The zero-order chi connectivity index (χ0) is 18.8. The predicted molar refractivity (Wildman–Crippen MR) is 97.2 cm³/mol. The lowest BCUT2D eigenvalue weighted by Gasteiger charge is -2.31. The fourth-order valence-corrected chi connectivity index (χ4v) is 3.25. The molecule has 1 saturated heterocycles. The summed E-state index contributed by atoms with van der Waals surface area (Å²) in [5, 5.41) is 21.6. The molecule has 4 heterocycles. The number of nitrogens with zero attached hydrogens (tertiary/aromatic N) is 6. The van der Waals surface area contributed by atoms with Gasteiger partial charge in [-0.15, -0.1) is 0 Å². The van der Waals surface area contributed by atoms with E-state index in [9.17, 15) is 9.90 Å². The SMILES string of the molecule is N#Cc1ccc2ncc(-c3nccc(NC4CCCN(C(=O)O)C4)n3)n2c1. The highest BCUT2D eigenvalue weighted by Crippen LogP contribution is 2.20. The van der Waals surface area contributed by atoms with Crippen molar-refractivity contribution in [1.29, 1.82) is 5.26 Å². The van der Waals surface area contributed by atoms with Gasteiger partial charge in [0, 0.05) is 31.5 Å². The molecule has 0 radical (unpaired) electrons. The average Bonchev–Trinajstić information content (AvgIpc) is 3.11. The fourth-order valence-electron chi connectivity index (χ4n) is 3.25. The van der Waals surface area contributed by atoms with Gasteiger partial charge in [-0.1, -0.05) is 0 Å². The summed E-state index contributed by atoms with van der Waals surface area (Å²) >= 11 is 0. The van der Waals surface area contributed by atoms with Crippen molar-refractivity contribution in [1.82, 2.24) is 24.3 Å². The van der Waals surface area contributed by atoms with Crippen LogP contribution >= 0.6 is 0 Å². The topological polar surface area (TPSA) is 119 Å². The number of pyridine rings is 1. The summed E-state index contributed by atoms with van der Waals surface area (Å²) in [6.45, 7) is 0.987. The number of anilines is 1. The van der Waals surface area contributed by atoms with Crippen molar-refractivity contribution >= 4 is 17.6 Å². The number of amides is 1. The zero-order valence-electron chi connectivity index (χ0n) is 14.4. The Morgan fingerprint density at radius 2 is 2.22 bits per heavy atom. The molecule has 1 aliphatic heterocycles. The van der Waals surface area contributed by atoms with Gasteiger partial charge in [-0.05, 0) is 31.0 Å². The summed E-state index contributed by atoms with van der Waals surface area (Å²) in [4.78, 5) is 25.8. The number of carboxylic acid groups (broad SMARTS) is 1. The number of imidazole rings is 1. The van der Waals surface area contributed by atoms with Crippen LogP contribution in [0, 0.1) is 11.3 Å². The molecule has 9 heteroatoms. The molecule has 0 saturated carbocycles. The van der Waals surface area contributed by atoms with Crippen LogP contribution in [0.25, 0.3) is 17.2 Å². The van der Waals surface area contributed by atoms with E-state index in [1.165, 1.54) is 4.90 Å². The Morgan fingerprint density at radius 1 is 1.33 bits per heavy atom. The van der Waals surface area contributed by atoms with Crippen LogP contribution in [0.3, 0.4) is 0 Å².